The molecule has 1 aromatic heterocycles. The molecule has 0 saturated carbocycles. The molecule has 0 aliphatic heterocycles. The van der Waals surface area contributed by atoms with Crippen LogP contribution in [0.15, 0.2) is 39.5 Å². The van der Waals surface area contributed by atoms with Gasteiger partial charge in [0.2, 0.25) is 5.89 Å². The number of nitrogens with zero attached hydrogens (tertiary/aromatic N) is 3. The van der Waals surface area contributed by atoms with Crippen LogP contribution < -0.4 is 5.76 Å². The molecule has 2 rings (SSSR count). The van der Waals surface area contributed by atoms with Crippen molar-refractivity contribution in [2.45, 2.75) is 19.6 Å². The Labute approximate surface area is 132 Å². The topological polar surface area (TPSA) is 94.6 Å². The second kappa shape index (κ2) is 6.91. The normalized spacial score (nSPS) is 11.8. The maximum atomic E-state index is 11.8. The molecule has 0 fully saturated rings. The summed E-state index contributed by atoms with van der Waals surface area (Å²) in [5.74, 6) is -1.76. The maximum absolute atomic E-state index is 11.8. The van der Waals surface area contributed by atoms with Crippen LogP contribution in [0.1, 0.15) is 6.92 Å². The van der Waals surface area contributed by atoms with Crippen LogP contribution in [0.4, 0.5) is 0 Å². The Morgan fingerprint density at radius 3 is 2.57 bits per heavy atom. The quantitative estimate of drug-likeness (QED) is 0.746. The summed E-state index contributed by atoms with van der Waals surface area (Å²) >= 11 is 0. The predicted octanol–water partition coefficient (Wildman–Crippen LogP) is 0.523. The van der Waals surface area contributed by atoms with Gasteiger partial charge >= 0.3 is 11.7 Å². The van der Waals surface area contributed by atoms with Crippen LogP contribution in [-0.2, 0) is 20.9 Å². The van der Waals surface area contributed by atoms with E-state index in [1.54, 1.807) is 38.4 Å². The molecule has 1 aromatic carbocycles. The van der Waals surface area contributed by atoms with E-state index in [1.165, 1.54) is 11.8 Å². The van der Waals surface area contributed by atoms with Crippen molar-refractivity contribution in [3.05, 3.63) is 40.9 Å². The Morgan fingerprint density at radius 2 is 1.96 bits per heavy atom. The van der Waals surface area contributed by atoms with Gasteiger partial charge in [0.1, 0.15) is 6.54 Å². The molecule has 8 heteroatoms. The summed E-state index contributed by atoms with van der Waals surface area (Å²) in [6.07, 6.45) is -0.936. The molecule has 2 aromatic rings. The van der Waals surface area contributed by atoms with Gasteiger partial charge in [-0.1, -0.05) is 18.2 Å². The summed E-state index contributed by atoms with van der Waals surface area (Å²) in [4.78, 5) is 36.5. The smallest absolute Gasteiger partial charge is 0.437 e. The van der Waals surface area contributed by atoms with Gasteiger partial charge in [-0.15, -0.1) is 5.10 Å². The van der Waals surface area contributed by atoms with E-state index in [-0.39, 0.29) is 11.8 Å². The molecule has 0 aliphatic carbocycles. The molecule has 23 heavy (non-hydrogen) atoms. The summed E-state index contributed by atoms with van der Waals surface area (Å²) in [6.45, 7) is 1.03. The van der Waals surface area contributed by atoms with Crippen molar-refractivity contribution in [3.8, 4) is 11.5 Å². The minimum absolute atomic E-state index is 0.112. The standard InChI is InChI=1S/C15H17N3O5/c1-10(14(20)17(2)3)22-12(19)9-18-15(21)23-13(16-18)11-7-5-4-6-8-11/h4-8,10H,9H2,1-3H3/t10-/m1/s1. The zero-order valence-corrected chi connectivity index (χ0v) is 13.1. The summed E-state index contributed by atoms with van der Waals surface area (Å²) in [5.41, 5.74) is 0.618. The van der Waals surface area contributed by atoms with Crippen LogP contribution in [0, 0.1) is 0 Å². The average Bonchev–Trinajstić information content (AvgIpc) is 2.88. The predicted molar refractivity (Wildman–Crippen MR) is 80.4 cm³/mol. The lowest BCUT2D eigenvalue weighted by Crippen LogP contribution is -2.36. The number of rotatable bonds is 5. The van der Waals surface area contributed by atoms with Crippen molar-refractivity contribution in [2.24, 2.45) is 0 Å². The summed E-state index contributed by atoms with van der Waals surface area (Å²) < 4.78 is 10.8. The van der Waals surface area contributed by atoms with E-state index in [9.17, 15) is 14.4 Å². The van der Waals surface area contributed by atoms with Crippen molar-refractivity contribution >= 4 is 11.9 Å². The number of aromatic nitrogens is 2. The summed E-state index contributed by atoms with van der Waals surface area (Å²) in [5, 5.41) is 3.95. The average molecular weight is 319 g/mol. The molecular formula is C15H17N3O5. The van der Waals surface area contributed by atoms with Crippen molar-refractivity contribution in [3.63, 3.8) is 0 Å². The number of likely N-dealkylation sites (N-methyl/N-ethyl adjacent to an activating group) is 1. The SMILES string of the molecule is C[C@@H](OC(=O)Cn1nc(-c2ccccc2)oc1=O)C(=O)N(C)C. The van der Waals surface area contributed by atoms with Gasteiger partial charge < -0.3 is 14.1 Å². The fourth-order valence-corrected chi connectivity index (χ4v) is 1.87. The van der Waals surface area contributed by atoms with E-state index in [0.29, 0.717) is 5.56 Å². The highest BCUT2D eigenvalue weighted by Crippen LogP contribution is 2.13. The molecule has 0 unspecified atom stereocenters. The highest BCUT2D eigenvalue weighted by Gasteiger charge is 2.21. The molecular weight excluding hydrogens is 302 g/mol. The number of hydrogen-bond acceptors (Lipinski definition) is 6. The molecule has 1 heterocycles. The van der Waals surface area contributed by atoms with Gasteiger partial charge in [-0.3, -0.25) is 9.59 Å². The Kier molecular flexibility index (Phi) is 4.95. The third-order valence-corrected chi connectivity index (χ3v) is 3.00. The van der Waals surface area contributed by atoms with Crippen molar-refractivity contribution in [2.75, 3.05) is 14.1 Å². The van der Waals surface area contributed by atoms with Gasteiger partial charge in [-0.25, -0.2) is 4.79 Å². The summed E-state index contributed by atoms with van der Waals surface area (Å²) in [7, 11) is 3.11. The van der Waals surface area contributed by atoms with Crippen LogP contribution in [0.2, 0.25) is 0 Å². The van der Waals surface area contributed by atoms with E-state index in [4.69, 9.17) is 9.15 Å². The first-order valence-electron chi connectivity index (χ1n) is 6.92. The highest BCUT2D eigenvalue weighted by molar-refractivity contribution is 5.83. The minimum atomic E-state index is -0.936. The second-order valence-electron chi connectivity index (χ2n) is 5.06. The Bertz CT molecular complexity index is 748. The van der Waals surface area contributed by atoms with E-state index in [2.05, 4.69) is 5.10 Å². The van der Waals surface area contributed by atoms with Gasteiger partial charge in [0.05, 0.1) is 0 Å². The Balaban J connectivity index is 2.06. The first-order chi connectivity index (χ1) is 10.9. The van der Waals surface area contributed by atoms with Crippen molar-refractivity contribution < 1.29 is 18.7 Å². The first kappa shape index (κ1) is 16.5. The van der Waals surface area contributed by atoms with E-state index in [0.717, 1.165) is 4.68 Å². The lowest BCUT2D eigenvalue weighted by Gasteiger charge is -2.16. The third kappa shape index (κ3) is 4.06. The van der Waals surface area contributed by atoms with Crippen LogP contribution in [-0.4, -0.2) is 46.8 Å². The van der Waals surface area contributed by atoms with Crippen LogP contribution in [0.5, 0.6) is 0 Å². The second-order valence-corrected chi connectivity index (χ2v) is 5.06. The minimum Gasteiger partial charge on any atom is -0.451 e. The number of amides is 1. The van der Waals surface area contributed by atoms with E-state index < -0.39 is 24.4 Å². The van der Waals surface area contributed by atoms with Gasteiger partial charge in [-0.05, 0) is 19.1 Å². The highest BCUT2D eigenvalue weighted by atomic mass is 16.5. The Morgan fingerprint density at radius 1 is 1.30 bits per heavy atom. The molecule has 0 N–H and O–H groups in total. The zero-order chi connectivity index (χ0) is 17.0. The van der Waals surface area contributed by atoms with Gasteiger partial charge in [0.25, 0.3) is 5.91 Å². The molecule has 0 spiro atoms. The molecule has 1 atom stereocenters. The number of benzene rings is 1. The third-order valence-electron chi connectivity index (χ3n) is 3.00. The fraction of sp³-hybridized carbons (Fsp3) is 0.333. The number of carbonyl (C=O) groups excluding carboxylic acids is 2. The molecule has 8 nitrogen and oxygen atoms in total. The molecule has 0 saturated heterocycles. The van der Waals surface area contributed by atoms with Gasteiger partial charge in [0.15, 0.2) is 6.10 Å². The van der Waals surface area contributed by atoms with Crippen molar-refractivity contribution in [1.82, 2.24) is 14.7 Å². The maximum Gasteiger partial charge on any atom is 0.437 e. The molecule has 0 radical (unpaired) electrons. The van der Waals surface area contributed by atoms with E-state index in [1.807, 2.05) is 6.07 Å². The van der Waals surface area contributed by atoms with Crippen LogP contribution >= 0.6 is 0 Å². The molecule has 122 valence electrons. The lowest BCUT2D eigenvalue weighted by molar-refractivity contribution is -0.158. The van der Waals surface area contributed by atoms with E-state index >= 15 is 0 Å². The van der Waals surface area contributed by atoms with Crippen LogP contribution in [0.3, 0.4) is 0 Å². The van der Waals surface area contributed by atoms with Gasteiger partial charge in [0, 0.05) is 19.7 Å². The number of carbonyl (C=O) groups is 2. The first-order valence-corrected chi connectivity index (χ1v) is 6.92. The molecule has 0 bridgehead atoms. The number of ether oxygens (including phenoxy) is 1. The number of esters is 1. The fourth-order valence-electron chi connectivity index (χ4n) is 1.87. The zero-order valence-electron chi connectivity index (χ0n) is 13.1. The molecule has 0 aliphatic rings. The lowest BCUT2D eigenvalue weighted by atomic mass is 10.2. The number of hydrogen-bond donors (Lipinski definition) is 0. The Hall–Kier alpha value is -2.90. The van der Waals surface area contributed by atoms with Crippen molar-refractivity contribution in [1.29, 1.82) is 0 Å². The monoisotopic (exact) mass is 319 g/mol. The van der Waals surface area contributed by atoms with Gasteiger partial charge in [-0.2, -0.15) is 4.68 Å². The largest absolute Gasteiger partial charge is 0.451 e. The molecule has 1 amide bonds. The summed E-state index contributed by atoms with van der Waals surface area (Å²) in [6, 6.07) is 8.82. The van der Waals surface area contributed by atoms with Crippen LogP contribution in [0.25, 0.3) is 11.5 Å².